The highest BCUT2D eigenvalue weighted by Gasteiger charge is 2.25. The molecule has 0 aliphatic carbocycles. The summed E-state index contributed by atoms with van der Waals surface area (Å²) in [5.74, 6) is 1.55. The Balaban J connectivity index is 3.07. The first-order chi connectivity index (χ1) is 6.99. The van der Waals surface area contributed by atoms with E-state index in [4.69, 9.17) is 10.5 Å². The molecule has 1 rings (SSSR count). The lowest BCUT2D eigenvalue weighted by molar-refractivity contribution is -0.0210. The van der Waals surface area contributed by atoms with Crippen LogP contribution in [0.15, 0.2) is 0 Å². The van der Waals surface area contributed by atoms with E-state index in [0.29, 0.717) is 18.3 Å². The summed E-state index contributed by atoms with van der Waals surface area (Å²) < 4.78 is 5.56. The van der Waals surface area contributed by atoms with Gasteiger partial charge in [-0.1, -0.05) is 6.92 Å². The highest BCUT2D eigenvalue weighted by Crippen LogP contribution is 2.21. The number of rotatable bonds is 4. The van der Waals surface area contributed by atoms with Gasteiger partial charge in [-0.3, -0.25) is 0 Å². The maximum atomic E-state index is 5.61. The van der Waals surface area contributed by atoms with E-state index >= 15 is 0 Å². The van der Waals surface area contributed by atoms with Crippen LogP contribution in [0, 0.1) is 0 Å². The first-order valence-electron chi connectivity index (χ1n) is 5.14. The fraction of sp³-hybridized carbons (Fsp3) is 0.700. The van der Waals surface area contributed by atoms with Crippen molar-refractivity contribution >= 4 is 5.95 Å². The minimum atomic E-state index is -0.518. The van der Waals surface area contributed by atoms with E-state index in [1.807, 2.05) is 27.7 Å². The van der Waals surface area contributed by atoms with E-state index in [1.54, 1.807) is 0 Å². The molecule has 5 nitrogen and oxygen atoms in total. The van der Waals surface area contributed by atoms with Crippen LogP contribution in [0.2, 0.25) is 0 Å². The zero-order chi connectivity index (χ0) is 11.5. The summed E-state index contributed by atoms with van der Waals surface area (Å²) in [5.41, 5.74) is 5.09. The molecule has 84 valence electrons. The summed E-state index contributed by atoms with van der Waals surface area (Å²) in [6.07, 6.45) is 0.738. The molecule has 0 saturated heterocycles. The minimum absolute atomic E-state index is 0.254. The normalized spacial score (nSPS) is 11.7. The molecule has 0 fully saturated rings. The molecule has 0 unspecified atom stereocenters. The molecule has 1 aromatic rings. The highest BCUT2D eigenvalue weighted by atomic mass is 16.5. The maximum Gasteiger partial charge on any atom is 0.223 e. The second kappa shape index (κ2) is 4.53. The van der Waals surface area contributed by atoms with E-state index in [0.717, 1.165) is 6.42 Å². The third-order valence-electron chi connectivity index (χ3n) is 2.06. The number of nitrogen functional groups attached to an aromatic ring is 1. The van der Waals surface area contributed by atoms with Crippen molar-refractivity contribution < 1.29 is 4.74 Å². The third-order valence-corrected chi connectivity index (χ3v) is 2.06. The predicted molar refractivity (Wildman–Crippen MR) is 58.3 cm³/mol. The Bertz CT molecular complexity index is 338. The van der Waals surface area contributed by atoms with Gasteiger partial charge in [0.2, 0.25) is 5.95 Å². The molecule has 0 aromatic carbocycles. The van der Waals surface area contributed by atoms with Gasteiger partial charge in [-0.2, -0.15) is 9.97 Å². The summed E-state index contributed by atoms with van der Waals surface area (Å²) in [4.78, 5) is 12.4. The van der Waals surface area contributed by atoms with Crippen LogP contribution in [-0.2, 0) is 16.8 Å². The van der Waals surface area contributed by atoms with Crippen molar-refractivity contribution in [2.45, 2.75) is 39.7 Å². The van der Waals surface area contributed by atoms with Crippen LogP contribution in [0.3, 0.4) is 0 Å². The second-order valence-corrected chi connectivity index (χ2v) is 3.73. The number of nitrogens with zero attached hydrogens (tertiary/aromatic N) is 3. The van der Waals surface area contributed by atoms with Gasteiger partial charge in [-0.15, -0.1) is 0 Å². The Morgan fingerprint density at radius 2 is 1.87 bits per heavy atom. The molecule has 0 spiro atoms. The summed E-state index contributed by atoms with van der Waals surface area (Å²) in [5, 5.41) is 0. The Hall–Kier alpha value is -1.23. The van der Waals surface area contributed by atoms with E-state index in [1.165, 1.54) is 0 Å². The van der Waals surface area contributed by atoms with Gasteiger partial charge in [0.05, 0.1) is 0 Å². The number of anilines is 1. The molecule has 0 radical (unpaired) electrons. The van der Waals surface area contributed by atoms with Crippen molar-refractivity contribution in [1.82, 2.24) is 15.0 Å². The molecule has 1 aromatic heterocycles. The van der Waals surface area contributed by atoms with Crippen molar-refractivity contribution in [2.24, 2.45) is 0 Å². The van der Waals surface area contributed by atoms with Gasteiger partial charge in [0.25, 0.3) is 0 Å². The summed E-state index contributed by atoms with van der Waals surface area (Å²) >= 11 is 0. The monoisotopic (exact) mass is 210 g/mol. The van der Waals surface area contributed by atoms with E-state index in [-0.39, 0.29) is 5.95 Å². The van der Waals surface area contributed by atoms with Crippen molar-refractivity contribution in [1.29, 1.82) is 0 Å². The first kappa shape index (κ1) is 11.8. The highest BCUT2D eigenvalue weighted by molar-refractivity contribution is 5.18. The van der Waals surface area contributed by atoms with Gasteiger partial charge in [0.1, 0.15) is 11.4 Å². The van der Waals surface area contributed by atoms with Gasteiger partial charge in [-0.05, 0) is 20.8 Å². The smallest absolute Gasteiger partial charge is 0.223 e. The lowest BCUT2D eigenvalue weighted by Gasteiger charge is -2.23. The predicted octanol–water partition coefficient (Wildman–Crippen LogP) is 1.29. The zero-order valence-corrected chi connectivity index (χ0v) is 9.74. The van der Waals surface area contributed by atoms with Gasteiger partial charge < -0.3 is 10.5 Å². The molecule has 0 aliphatic rings. The maximum absolute atomic E-state index is 5.61. The molecule has 5 heteroatoms. The van der Waals surface area contributed by atoms with E-state index in [9.17, 15) is 0 Å². The van der Waals surface area contributed by atoms with Crippen LogP contribution < -0.4 is 5.73 Å². The molecular formula is C10H18N4O. The number of aromatic nitrogens is 3. The topological polar surface area (TPSA) is 73.9 Å². The van der Waals surface area contributed by atoms with Crippen molar-refractivity contribution in [3.63, 3.8) is 0 Å². The number of ether oxygens (including phenoxy) is 1. The largest absolute Gasteiger partial charge is 0.368 e. The quantitative estimate of drug-likeness (QED) is 0.810. The first-order valence-corrected chi connectivity index (χ1v) is 5.14. The van der Waals surface area contributed by atoms with Crippen LogP contribution in [0.4, 0.5) is 5.95 Å². The van der Waals surface area contributed by atoms with Crippen LogP contribution in [0.5, 0.6) is 0 Å². The van der Waals surface area contributed by atoms with E-state index in [2.05, 4.69) is 15.0 Å². The molecule has 0 bridgehead atoms. The summed E-state index contributed by atoms with van der Waals surface area (Å²) in [6, 6.07) is 0. The Labute approximate surface area is 90.1 Å². The molecule has 2 N–H and O–H groups in total. The van der Waals surface area contributed by atoms with E-state index < -0.39 is 5.60 Å². The SMILES string of the molecule is CCOC(C)(C)c1nc(N)nc(CC)n1. The second-order valence-electron chi connectivity index (χ2n) is 3.73. The van der Waals surface area contributed by atoms with Crippen LogP contribution >= 0.6 is 0 Å². The van der Waals surface area contributed by atoms with Gasteiger partial charge in [0.15, 0.2) is 5.82 Å². The standard InChI is InChI=1S/C10H18N4O/c1-5-7-12-8(14-9(11)13-7)10(3,4)15-6-2/h5-6H2,1-4H3,(H2,11,12,13,14). The third kappa shape index (κ3) is 2.86. The lowest BCUT2D eigenvalue weighted by atomic mass is 10.1. The number of hydrogen-bond donors (Lipinski definition) is 1. The number of nitrogens with two attached hydrogens (primary N) is 1. The molecule has 0 aliphatic heterocycles. The Kier molecular flexibility index (Phi) is 3.57. The van der Waals surface area contributed by atoms with Crippen LogP contribution in [-0.4, -0.2) is 21.6 Å². The van der Waals surface area contributed by atoms with Gasteiger partial charge >= 0.3 is 0 Å². The zero-order valence-electron chi connectivity index (χ0n) is 9.74. The molecule has 0 amide bonds. The van der Waals surface area contributed by atoms with Crippen LogP contribution in [0.25, 0.3) is 0 Å². The molecule has 15 heavy (non-hydrogen) atoms. The number of hydrogen-bond acceptors (Lipinski definition) is 5. The fourth-order valence-corrected chi connectivity index (χ4v) is 1.29. The average molecular weight is 210 g/mol. The van der Waals surface area contributed by atoms with Crippen molar-refractivity contribution in [2.75, 3.05) is 12.3 Å². The summed E-state index contributed by atoms with van der Waals surface area (Å²) in [7, 11) is 0. The fourth-order valence-electron chi connectivity index (χ4n) is 1.29. The van der Waals surface area contributed by atoms with Gasteiger partial charge in [0, 0.05) is 13.0 Å². The van der Waals surface area contributed by atoms with Crippen molar-refractivity contribution in [3.05, 3.63) is 11.6 Å². The lowest BCUT2D eigenvalue weighted by Crippen LogP contribution is -2.26. The van der Waals surface area contributed by atoms with Gasteiger partial charge in [-0.25, -0.2) is 4.98 Å². The summed E-state index contributed by atoms with van der Waals surface area (Å²) in [6.45, 7) is 8.37. The molecular weight excluding hydrogens is 192 g/mol. The van der Waals surface area contributed by atoms with Crippen molar-refractivity contribution in [3.8, 4) is 0 Å². The Morgan fingerprint density at radius 3 is 2.40 bits per heavy atom. The average Bonchev–Trinajstić information content (AvgIpc) is 2.16. The number of aryl methyl sites for hydroxylation is 1. The molecule has 0 saturated carbocycles. The molecule has 1 heterocycles. The Morgan fingerprint density at radius 1 is 1.20 bits per heavy atom. The van der Waals surface area contributed by atoms with Crippen LogP contribution in [0.1, 0.15) is 39.3 Å². The minimum Gasteiger partial charge on any atom is -0.368 e. The molecule has 0 atom stereocenters.